The minimum atomic E-state index is -0.404. The summed E-state index contributed by atoms with van der Waals surface area (Å²) < 4.78 is 0.501. The molecule has 1 atom stereocenters. The maximum atomic E-state index is 10.9. The van der Waals surface area contributed by atoms with E-state index in [-0.39, 0.29) is 11.7 Å². The molecule has 1 unspecified atom stereocenters. The van der Waals surface area contributed by atoms with Crippen LogP contribution in [0.5, 0.6) is 0 Å². The van der Waals surface area contributed by atoms with Crippen molar-refractivity contribution in [2.24, 2.45) is 5.73 Å². The molecule has 0 fully saturated rings. The second-order valence-corrected chi connectivity index (χ2v) is 6.03. The maximum absolute atomic E-state index is 10.9. The lowest BCUT2D eigenvalue weighted by Gasteiger charge is -2.13. The number of nitro benzene ring substituents is 1. The van der Waals surface area contributed by atoms with Crippen molar-refractivity contribution in [1.29, 1.82) is 0 Å². The third kappa shape index (κ3) is 4.27. The number of hydrogen-bond acceptors (Lipinski definition) is 3. The highest BCUT2D eigenvalue weighted by molar-refractivity contribution is 9.10. The molecule has 0 saturated carbocycles. The van der Waals surface area contributed by atoms with Gasteiger partial charge in [0.25, 0.3) is 5.69 Å². The molecule has 0 spiro atoms. The summed E-state index contributed by atoms with van der Waals surface area (Å²) >= 11 is 9.14. The number of halogens is 2. The summed E-state index contributed by atoms with van der Waals surface area (Å²) in [6, 6.07) is 12.4. The molecule has 0 aromatic heterocycles. The van der Waals surface area contributed by atoms with Crippen LogP contribution in [0.4, 0.5) is 5.69 Å². The Labute approximate surface area is 136 Å². The van der Waals surface area contributed by atoms with Gasteiger partial charge in [0, 0.05) is 17.1 Å². The molecule has 21 heavy (non-hydrogen) atoms. The quantitative estimate of drug-likeness (QED) is 0.636. The van der Waals surface area contributed by atoms with Crippen molar-refractivity contribution in [3.05, 3.63) is 73.2 Å². The zero-order chi connectivity index (χ0) is 15.4. The van der Waals surface area contributed by atoms with E-state index < -0.39 is 4.92 Å². The predicted octanol–water partition coefficient (Wildman–Crippen LogP) is 4.12. The SMILES string of the molecule is NC(Cc1ccc(Cl)cc1)Cc1cccc([N+](=O)[O-])c1Br. The van der Waals surface area contributed by atoms with Crippen LogP contribution in [0, 0.1) is 10.1 Å². The van der Waals surface area contributed by atoms with Crippen LogP contribution in [0.1, 0.15) is 11.1 Å². The van der Waals surface area contributed by atoms with E-state index in [4.69, 9.17) is 17.3 Å². The third-order valence-corrected chi connectivity index (χ3v) is 4.32. The lowest BCUT2D eigenvalue weighted by atomic mass is 9.99. The Balaban J connectivity index is 2.09. The number of nitro groups is 1. The van der Waals surface area contributed by atoms with Crippen molar-refractivity contribution in [2.45, 2.75) is 18.9 Å². The topological polar surface area (TPSA) is 69.2 Å². The van der Waals surface area contributed by atoms with Gasteiger partial charge in [0.1, 0.15) is 0 Å². The molecule has 0 aliphatic heterocycles. The van der Waals surface area contributed by atoms with E-state index in [9.17, 15) is 10.1 Å². The standard InChI is InChI=1S/C15H14BrClN2O2/c16-15-11(2-1-3-14(15)19(20)21)9-13(18)8-10-4-6-12(17)7-5-10/h1-7,13H,8-9,18H2. The molecule has 0 aliphatic rings. The second kappa shape index (κ2) is 7.02. The number of benzene rings is 2. The number of rotatable bonds is 5. The molecule has 4 nitrogen and oxygen atoms in total. The van der Waals surface area contributed by atoms with E-state index in [2.05, 4.69) is 15.9 Å². The van der Waals surface area contributed by atoms with Crippen molar-refractivity contribution in [1.82, 2.24) is 0 Å². The minimum absolute atomic E-state index is 0.0613. The van der Waals surface area contributed by atoms with Crippen LogP contribution < -0.4 is 5.73 Å². The highest BCUT2D eigenvalue weighted by atomic mass is 79.9. The first-order chi connectivity index (χ1) is 9.97. The molecular weight excluding hydrogens is 356 g/mol. The Morgan fingerprint density at radius 2 is 1.86 bits per heavy atom. The molecule has 2 rings (SSSR count). The van der Waals surface area contributed by atoms with E-state index in [0.717, 1.165) is 11.1 Å². The fraction of sp³-hybridized carbons (Fsp3) is 0.200. The van der Waals surface area contributed by atoms with Crippen molar-refractivity contribution in [2.75, 3.05) is 0 Å². The molecule has 2 N–H and O–H groups in total. The Bertz CT molecular complexity index is 647. The van der Waals surface area contributed by atoms with Crippen molar-refractivity contribution in [3.63, 3.8) is 0 Å². The van der Waals surface area contributed by atoms with E-state index >= 15 is 0 Å². The van der Waals surface area contributed by atoms with Gasteiger partial charge in [-0.1, -0.05) is 35.9 Å². The number of nitrogens with zero attached hydrogens (tertiary/aromatic N) is 1. The number of nitrogens with two attached hydrogens (primary N) is 1. The summed E-state index contributed by atoms with van der Waals surface area (Å²) in [6.07, 6.45) is 1.25. The van der Waals surface area contributed by atoms with Gasteiger partial charge in [-0.05, 0) is 52.0 Å². The summed E-state index contributed by atoms with van der Waals surface area (Å²) in [5.74, 6) is 0. The second-order valence-electron chi connectivity index (χ2n) is 4.80. The van der Waals surface area contributed by atoms with Crippen LogP contribution in [-0.2, 0) is 12.8 Å². The number of hydrogen-bond donors (Lipinski definition) is 1. The Morgan fingerprint density at radius 1 is 1.19 bits per heavy atom. The Morgan fingerprint density at radius 3 is 2.48 bits per heavy atom. The van der Waals surface area contributed by atoms with Crippen LogP contribution in [0.25, 0.3) is 0 Å². The van der Waals surface area contributed by atoms with Crippen LogP contribution in [-0.4, -0.2) is 11.0 Å². The predicted molar refractivity (Wildman–Crippen MR) is 87.6 cm³/mol. The van der Waals surface area contributed by atoms with Crippen LogP contribution in [0.15, 0.2) is 46.9 Å². The van der Waals surface area contributed by atoms with Gasteiger partial charge in [0.05, 0.1) is 9.40 Å². The molecule has 0 radical (unpaired) electrons. The van der Waals surface area contributed by atoms with Crippen LogP contribution >= 0.6 is 27.5 Å². The van der Waals surface area contributed by atoms with Gasteiger partial charge < -0.3 is 5.73 Å². The van der Waals surface area contributed by atoms with Crippen molar-refractivity contribution >= 4 is 33.2 Å². The fourth-order valence-electron chi connectivity index (χ4n) is 2.14. The van der Waals surface area contributed by atoms with Crippen molar-refractivity contribution in [3.8, 4) is 0 Å². The molecule has 110 valence electrons. The molecule has 0 saturated heterocycles. The molecule has 0 bridgehead atoms. The largest absolute Gasteiger partial charge is 0.327 e. The summed E-state index contributed by atoms with van der Waals surface area (Å²) in [5.41, 5.74) is 8.14. The zero-order valence-electron chi connectivity index (χ0n) is 11.1. The van der Waals surface area contributed by atoms with Gasteiger partial charge in [-0.3, -0.25) is 10.1 Å². The lowest BCUT2D eigenvalue weighted by molar-refractivity contribution is -0.385. The zero-order valence-corrected chi connectivity index (χ0v) is 13.5. The average molecular weight is 370 g/mol. The van der Waals surface area contributed by atoms with E-state index in [1.54, 1.807) is 6.07 Å². The summed E-state index contributed by atoms with van der Waals surface area (Å²) in [6.45, 7) is 0. The van der Waals surface area contributed by atoms with Gasteiger partial charge >= 0.3 is 0 Å². The minimum Gasteiger partial charge on any atom is -0.327 e. The molecule has 0 heterocycles. The van der Waals surface area contributed by atoms with E-state index in [0.29, 0.717) is 22.3 Å². The van der Waals surface area contributed by atoms with Gasteiger partial charge in [0.2, 0.25) is 0 Å². The molecule has 0 amide bonds. The molecule has 2 aromatic rings. The summed E-state index contributed by atoms with van der Waals surface area (Å²) in [4.78, 5) is 10.5. The molecule has 6 heteroatoms. The Kier molecular flexibility index (Phi) is 5.33. The smallest absolute Gasteiger partial charge is 0.283 e. The third-order valence-electron chi connectivity index (χ3n) is 3.15. The van der Waals surface area contributed by atoms with Gasteiger partial charge in [-0.25, -0.2) is 0 Å². The lowest BCUT2D eigenvalue weighted by Crippen LogP contribution is -2.25. The molecular formula is C15H14BrClN2O2. The van der Waals surface area contributed by atoms with Gasteiger partial charge in [0.15, 0.2) is 0 Å². The first-order valence-electron chi connectivity index (χ1n) is 6.39. The highest BCUT2D eigenvalue weighted by Crippen LogP contribution is 2.29. The van der Waals surface area contributed by atoms with Crippen LogP contribution in [0.2, 0.25) is 5.02 Å². The monoisotopic (exact) mass is 368 g/mol. The van der Waals surface area contributed by atoms with E-state index in [1.807, 2.05) is 30.3 Å². The van der Waals surface area contributed by atoms with E-state index in [1.165, 1.54) is 6.07 Å². The summed E-state index contributed by atoms with van der Waals surface area (Å²) in [5, 5.41) is 11.6. The first kappa shape index (κ1) is 15.9. The van der Waals surface area contributed by atoms with Gasteiger partial charge in [-0.15, -0.1) is 0 Å². The first-order valence-corrected chi connectivity index (χ1v) is 7.56. The maximum Gasteiger partial charge on any atom is 0.283 e. The highest BCUT2D eigenvalue weighted by Gasteiger charge is 2.16. The molecule has 0 aliphatic carbocycles. The summed E-state index contributed by atoms with van der Waals surface area (Å²) in [7, 11) is 0. The van der Waals surface area contributed by atoms with Gasteiger partial charge in [-0.2, -0.15) is 0 Å². The van der Waals surface area contributed by atoms with Crippen molar-refractivity contribution < 1.29 is 4.92 Å². The van der Waals surface area contributed by atoms with Crippen LogP contribution in [0.3, 0.4) is 0 Å². The average Bonchev–Trinajstić information content (AvgIpc) is 2.43. The Hall–Kier alpha value is -1.43. The molecule has 2 aromatic carbocycles. The fourth-order valence-corrected chi connectivity index (χ4v) is 2.84. The normalized spacial score (nSPS) is 12.1.